The SMILES string of the molecule is C=C(C)C(=O)OCCCOOP(=O)(O)O. The van der Waals surface area contributed by atoms with E-state index in [0.29, 0.717) is 0 Å². The Hall–Kier alpha value is -0.720. The molecule has 0 aromatic heterocycles. The summed E-state index contributed by atoms with van der Waals surface area (Å²) >= 11 is 0. The van der Waals surface area contributed by atoms with Crippen molar-refractivity contribution in [3.63, 3.8) is 0 Å². The van der Waals surface area contributed by atoms with Gasteiger partial charge in [-0.15, -0.1) is 4.67 Å². The van der Waals surface area contributed by atoms with E-state index in [9.17, 15) is 9.36 Å². The predicted octanol–water partition coefficient (Wildman–Crippen LogP) is 0.537. The fourth-order valence-electron chi connectivity index (χ4n) is 0.512. The summed E-state index contributed by atoms with van der Waals surface area (Å²) < 4.78 is 18.5. The molecule has 0 bridgehead atoms. The summed E-state index contributed by atoms with van der Waals surface area (Å²) in [7, 11) is -4.59. The quantitative estimate of drug-likeness (QED) is 0.167. The molecule has 0 rings (SSSR count). The molecule has 0 aromatic carbocycles. The highest BCUT2D eigenvalue weighted by atomic mass is 31.2. The summed E-state index contributed by atoms with van der Waals surface area (Å²) in [6.45, 7) is 4.86. The Labute approximate surface area is 86.8 Å². The maximum Gasteiger partial charge on any atom is 0.496 e. The molecule has 15 heavy (non-hydrogen) atoms. The van der Waals surface area contributed by atoms with Crippen molar-refractivity contribution in [2.75, 3.05) is 13.2 Å². The topological polar surface area (TPSA) is 102 Å². The van der Waals surface area contributed by atoms with Crippen molar-refractivity contribution in [3.05, 3.63) is 12.2 Å². The largest absolute Gasteiger partial charge is 0.496 e. The van der Waals surface area contributed by atoms with E-state index in [1.165, 1.54) is 6.92 Å². The Balaban J connectivity index is 3.37. The highest BCUT2D eigenvalue weighted by Gasteiger charge is 2.14. The number of carbonyl (C=O) groups is 1. The lowest BCUT2D eigenvalue weighted by Gasteiger charge is -2.05. The van der Waals surface area contributed by atoms with Crippen molar-refractivity contribution in [2.45, 2.75) is 13.3 Å². The molecule has 0 saturated heterocycles. The van der Waals surface area contributed by atoms with E-state index in [1.54, 1.807) is 0 Å². The Morgan fingerprint density at radius 1 is 1.40 bits per heavy atom. The van der Waals surface area contributed by atoms with Gasteiger partial charge in [0.15, 0.2) is 0 Å². The molecule has 0 radical (unpaired) electrons. The van der Waals surface area contributed by atoms with E-state index in [2.05, 4.69) is 20.9 Å². The minimum absolute atomic E-state index is 0.0657. The molecule has 0 saturated carbocycles. The Morgan fingerprint density at radius 3 is 2.47 bits per heavy atom. The minimum Gasteiger partial charge on any atom is -0.462 e. The van der Waals surface area contributed by atoms with E-state index >= 15 is 0 Å². The van der Waals surface area contributed by atoms with Crippen molar-refractivity contribution in [1.82, 2.24) is 0 Å². The van der Waals surface area contributed by atoms with Crippen molar-refractivity contribution < 1.29 is 33.4 Å². The van der Waals surface area contributed by atoms with Crippen molar-refractivity contribution in [1.29, 1.82) is 0 Å². The standard InChI is InChI=1S/C7H13O7P/c1-6(2)7(8)12-4-3-5-13-14-15(9,10)11/h1,3-5H2,2H3,(H2,9,10,11). The van der Waals surface area contributed by atoms with Crippen LogP contribution < -0.4 is 0 Å². The maximum absolute atomic E-state index is 10.8. The highest BCUT2D eigenvalue weighted by molar-refractivity contribution is 7.46. The van der Waals surface area contributed by atoms with Gasteiger partial charge in [-0.25, -0.2) is 14.2 Å². The number of hydrogen-bond acceptors (Lipinski definition) is 5. The Kier molecular flexibility index (Phi) is 6.38. The number of carbonyl (C=O) groups excluding carboxylic acids is 1. The average Bonchev–Trinajstić information content (AvgIpc) is 2.08. The summed E-state index contributed by atoms with van der Waals surface area (Å²) in [5, 5.41) is 0. The predicted molar refractivity (Wildman–Crippen MR) is 49.5 cm³/mol. The molecule has 0 unspecified atom stereocenters. The van der Waals surface area contributed by atoms with Crippen LogP contribution >= 0.6 is 7.82 Å². The minimum atomic E-state index is -4.59. The number of rotatable bonds is 7. The van der Waals surface area contributed by atoms with Crippen LogP contribution in [-0.4, -0.2) is 29.0 Å². The third-order valence-electron chi connectivity index (χ3n) is 1.10. The highest BCUT2D eigenvalue weighted by Crippen LogP contribution is 2.35. The van der Waals surface area contributed by atoms with Gasteiger partial charge in [-0.1, -0.05) is 6.58 Å². The molecule has 0 spiro atoms. The maximum atomic E-state index is 10.8. The van der Waals surface area contributed by atoms with Crippen LogP contribution in [0, 0.1) is 0 Å². The molecule has 88 valence electrons. The van der Waals surface area contributed by atoms with Gasteiger partial charge in [0.25, 0.3) is 0 Å². The number of esters is 1. The van der Waals surface area contributed by atoms with Gasteiger partial charge in [0.1, 0.15) is 0 Å². The number of ether oxygens (including phenoxy) is 1. The van der Waals surface area contributed by atoms with E-state index in [0.717, 1.165) is 0 Å². The van der Waals surface area contributed by atoms with Crippen LogP contribution in [0.3, 0.4) is 0 Å². The summed E-state index contributed by atoms with van der Waals surface area (Å²) in [4.78, 5) is 31.4. The Bertz CT molecular complexity index is 269. The van der Waals surface area contributed by atoms with Gasteiger partial charge in [-0.05, 0) is 6.92 Å². The molecule has 2 N–H and O–H groups in total. The number of phosphoric acid groups is 1. The third-order valence-corrected chi connectivity index (χ3v) is 1.40. The second-order valence-electron chi connectivity index (χ2n) is 2.66. The zero-order valence-corrected chi connectivity index (χ0v) is 9.11. The third kappa shape index (κ3) is 9.58. The first kappa shape index (κ1) is 14.3. The normalized spacial score (nSPS) is 11.1. The summed E-state index contributed by atoms with van der Waals surface area (Å²) in [5.74, 6) is -0.522. The second-order valence-corrected chi connectivity index (χ2v) is 3.79. The molecule has 0 aliphatic rings. The number of hydrogen-bond donors (Lipinski definition) is 2. The lowest BCUT2D eigenvalue weighted by atomic mass is 10.4. The van der Waals surface area contributed by atoms with Gasteiger partial charge in [0, 0.05) is 12.0 Å². The molecule has 0 atom stereocenters. The second kappa shape index (κ2) is 6.71. The van der Waals surface area contributed by atoms with Gasteiger partial charge < -0.3 is 14.5 Å². The van der Waals surface area contributed by atoms with Crippen LogP contribution in [0.15, 0.2) is 12.2 Å². The van der Waals surface area contributed by atoms with Crippen LogP contribution in [0.25, 0.3) is 0 Å². The molecule has 0 heterocycles. The van der Waals surface area contributed by atoms with Gasteiger partial charge in [0.05, 0.1) is 13.2 Å². The molecular formula is C7H13O7P. The average molecular weight is 240 g/mol. The molecule has 8 heteroatoms. The van der Waals surface area contributed by atoms with Gasteiger partial charge in [-0.2, -0.15) is 0 Å². The van der Waals surface area contributed by atoms with Crippen LogP contribution in [0.2, 0.25) is 0 Å². The first-order valence-corrected chi connectivity index (χ1v) is 5.55. The van der Waals surface area contributed by atoms with Crippen LogP contribution in [0.1, 0.15) is 13.3 Å². The van der Waals surface area contributed by atoms with E-state index in [1.807, 2.05) is 0 Å². The van der Waals surface area contributed by atoms with Crippen molar-refractivity contribution in [2.24, 2.45) is 0 Å². The molecule has 7 nitrogen and oxygen atoms in total. The first-order valence-electron chi connectivity index (χ1n) is 4.02. The molecule has 0 aliphatic carbocycles. The first-order chi connectivity index (χ1) is 6.83. The molecule has 0 aromatic rings. The molecule has 0 aliphatic heterocycles. The lowest BCUT2D eigenvalue weighted by molar-refractivity contribution is -0.223. The van der Waals surface area contributed by atoms with Gasteiger partial charge in [-0.3, -0.25) is 0 Å². The molecule has 0 amide bonds. The van der Waals surface area contributed by atoms with Gasteiger partial charge in [0.2, 0.25) is 0 Å². The zero-order chi connectivity index (χ0) is 11.9. The summed E-state index contributed by atoms with van der Waals surface area (Å²) in [6, 6.07) is 0. The van der Waals surface area contributed by atoms with Crippen LogP contribution in [-0.2, 0) is 23.7 Å². The lowest BCUT2D eigenvalue weighted by Crippen LogP contribution is -2.08. The summed E-state index contributed by atoms with van der Waals surface area (Å²) in [5.41, 5.74) is 0.280. The van der Waals surface area contributed by atoms with E-state index in [-0.39, 0.29) is 25.2 Å². The molecular weight excluding hydrogens is 227 g/mol. The summed E-state index contributed by atoms with van der Waals surface area (Å²) in [6.07, 6.45) is 0.263. The van der Waals surface area contributed by atoms with Crippen molar-refractivity contribution >= 4 is 13.8 Å². The van der Waals surface area contributed by atoms with E-state index < -0.39 is 13.8 Å². The van der Waals surface area contributed by atoms with Gasteiger partial charge >= 0.3 is 13.8 Å². The van der Waals surface area contributed by atoms with Crippen molar-refractivity contribution in [3.8, 4) is 0 Å². The van der Waals surface area contributed by atoms with Crippen LogP contribution in [0.4, 0.5) is 0 Å². The molecule has 0 fully saturated rings. The fraction of sp³-hybridized carbons (Fsp3) is 0.571. The Morgan fingerprint density at radius 2 is 2.00 bits per heavy atom. The zero-order valence-electron chi connectivity index (χ0n) is 8.21. The fourth-order valence-corrected chi connectivity index (χ4v) is 0.724. The monoisotopic (exact) mass is 240 g/mol. The van der Waals surface area contributed by atoms with E-state index in [4.69, 9.17) is 9.79 Å². The smallest absolute Gasteiger partial charge is 0.462 e. The van der Waals surface area contributed by atoms with Crippen LogP contribution in [0.5, 0.6) is 0 Å².